The van der Waals surface area contributed by atoms with Crippen molar-refractivity contribution in [1.82, 2.24) is 14.9 Å². The Balaban J connectivity index is 2.88. The van der Waals surface area contributed by atoms with Crippen molar-refractivity contribution in [2.45, 2.75) is 52.3 Å². The number of methoxy groups -OCH3 is 1. The molecule has 0 aromatic carbocycles. The van der Waals surface area contributed by atoms with Gasteiger partial charge in [-0.3, -0.25) is 0 Å². The van der Waals surface area contributed by atoms with Crippen molar-refractivity contribution >= 4 is 0 Å². The molecule has 1 heterocycles. The van der Waals surface area contributed by atoms with Crippen LogP contribution in [-0.2, 0) is 11.3 Å². The van der Waals surface area contributed by atoms with Gasteiger partial charge in [0.1, 0.15) is 5.82 Å². The first-order valence-corrected chi connectivity index (χ1v) is 6.55. The van der Waals surface area contributed by atoms with Crippen molar-refractivity contribution in [2.24, 2.45) is 0 Å². The Kier molecular flexibility index (Phi) is 6.22. The van der Waals surface area contributed by atoms with E-state index in [-0.39, 0.29) is 12.1 Å². The summed E-state index contributed by atoms with van der Waals surface area (Å²) in [5, 5.41) is 3.54. The minimum atomic E-state index is 0.175. The minimum absolute atomic E-state index is 0.175. The van der Waals surface area contributed by atoms with Crippen LogP contribution in [0.5, 0.6) is 0 Å². The van der Waals surface area contributed by atoms with Gasteiger partial charge in [-0.1, -0.05) is 13.8 Å². The number of aryl methyl sites for hydroxylation is 1. The summed E-state index contributed by atoms with van der Waals surface area (Å²) in [5.74, 6) is 1.08. The van der Waals surface area contributed by atoms with E-state index in [0.29, 0.717) is 0 Å². The summed E-state index contributed by atoms with van der Waals surface area (Å²) in [5.41, 5.74) is 0. The van der Waals surface area contributed by atoms with Crippen molar-refractivity contribution in [3.63, 3.8) is 0 Å². The first-order valence-electron chi connectivity index (χ1n) is 6.55. The van der Waals surface area contributed by atoms with E-state index >= 15 is 0 Å². The molecule has 0 saturated heterocycles. The molecular weight excluding hydrogens is 214 g/mol. The van der Waals surface area contributed by atoms with Crippen molar-refractivity contribution in [1.29, 1.82) is 0 Å². The van der Waals surface area contributed by atoms with Gasteiger partial charge in [0, 0.05) is 26.0 Å². The third-order valence-corrected chi connectivity index (χ3v) is 3.06. The fourth-order valence-electron chi connectivity index (χ4n) is 2.09. The van der Waals surface area contributed by atoms with E-state index in [1.807, 2.05) is 12.4 Å². The Morgan fingerprint density at radius 2 is 2.18 bits per heavy atom. The summed E-state index contributed by atoms with van der Waals surface area (Å²) >= 11 is 0. The molecule has 98 valence electrons. The van der Waals surface area contributed by atoms with Crippen LogP contribution in [0.15, 0.2) is 12.4 Å². The number of hydrogen-bond donors (Lipinski definition) is 1. The lowest BCUT2D eigenvalue weighted by Crippen LogP contribution is -2.35. The summed E-state index contributed by atoms with van der Waals surface area (Å²) in [6, 6.07) is 0.180. The number of aromatic nitrogens is 2. The largest absolute Gasteiger partial charge is 0.379 e. The predicted molar refractivity (Wildman–Crippen MR) is 70.0 cm³/mol. The number of hydrogen-bond acceptors (Lipinski definition) is 3. The van der Waals surface area contributed by atoms with Gasteiger partial charge in [0.15, 0.2) is 0 Å². The number of nitrogens with one attached hydrogen (secondary N) is 1. The van der Waals surface area contributed by atoms with Crippen LogP contribution in [0.25, 0.3) is 0 Å². The maximum absolute atomic E-state index is 5.57. The molecule has 0 amide bonds. The molecule has 0 saturated carbocycles. The summed E-state index contributed by atoms with van der Waals surface area (Å²) in [7, 11) is 1.77. The summed E-state index contributed by atoms with van der Waals surface area (Å²) in [6.07, 6.45) is 6.16. The lowest BCUT2D eigenvalue weighted by molar-refractivity contribution is 0.0612. The lowest BCUT2D eigenvalue weighted by atomic mass is 10.1. The standard InChI is InChI=1S/C13H25N3O/c1-5-8-14-12(11(6-2)17-4)13-15-9-10-16(13)7-3/h9-12,14H,5-8H2,1-4H3. The Morgan fingerprint density at radius 1 is 1.41 bits per heavy atom. The second-order valence-corrected chi connectivity index (χ2v) is 4.19. The van der Waals surface area contributed by atoms with Crippen LogP contribution in [0.4, 0.5) is 0 Å². The minimum Gasteiger partial charge on any atom is -0.379 e. The summed E-state index contributed by atoms with van der Waals surface area (Å²) in [6.45, 7) is 8.38. The summed E-state index contributed by atoms with van der Waals surface area (Å²) < 4.78 is 7.74. The van der Waals surface area contributed by atoms with Gasteiger partial charge in [-0.25, -0.2) is 4.98 Å². The molecular formula is C13H25N3O. The molecule has 1 aromatic heterocycles. The van der Waals surface area contributed by atoms with Crippen LogP contribution in [0.1, 0.15) is 45.5 Å². The van der Waals surface area contributed by atoms with Gasteiger partial charge in [-0.2, -0.15) is 0 Å². The maximum atomic E-state index is 5.57. The van der Waals surface area contributed by atoms with E-state index in [9.17, 15) is 0 Å². The van der Waals surface area contributed by atoms with Gasteiger partial charge in [-0.15, -0.1) is 0 Å². The van der Waals surface area contributed by atoms with Gasteiger partial charge >= 0.3 is 0 Å². The highest BCUT2D eigenvalue weighted by atomic mass is 16.5. The third-order valence-electron chi connectivity index (χ3n) is 3.06. The third kappa shape index (κ3) is 3.54. The number of imidazole rings is 1. The molecule has 4 nitrogen and oxygen atoms in total. The normalized spacial score (nSPS) is 14.8. The van der Waals surface area contributed by atoms with Gasteiger partial charge in [0.2, 0.25) is 0 Å². The van der Waals surface area contributed by atoms with Crippen molar-refractivity contribution in [3.8, 4) is 0 Å². The molecule has 0 aliphatic rings. The van der Waals surface area contributed by atoms with E-state index < -0.39 is 0 Å². The zero-order valence-electron chi connectivity index (χ0n) is 11.4. The van der Waals surface area contributed by atoms with Crippen LogP contribution in [0, 0.1) is 0 Å². The zero-order chi connectivity index (χ0) is 12.7. The fraction of sp³-hybridized carbons (Fsp3) is 0.769. The molecule has 0 bridgehead atoms. The van der Waals surface area contributed by atoms with E-state index in [4.69, 9.17) is 4.74 Å². The molecule has 1 aromatic rings. The van der Waals surface area contributed by atoms with Crippen LogP contribution in [0.3, 0.4) is 0 Å². The molecule has 0 spiro atoms. The molecule has 4 heteroatoms. The fourth-order valence-corrected chi connectivity index (χ4v) is 2.09. The predicted octanol–water partition coefficient (Wildman–Crippen LogP) is 2.37. The average Bonchev–Trinajstić information content (AvgIpc) is 2.82. The number of nitrogens with zero attached hydrogens (tertiary/aromatic N) is 2. The van der Waals surface area contributed by atoms with E-state index in [1.165, 1.54) is 0 Å². The van der Waals surface area contributed by atoms with E-state index in [1.54, 1.807) is 7.11 Å². The molecule has 1 rings (SSSR count). The van der Waals surface area contributed by atoms with Crippen LogP contribution < -0.4 is 5.32 Å². The smallest absolute Gasteiger partial charge is 0.128 e. The van der Waals surface area contributed by atoms with E-state index in [0.717, 1.165) is 31.8 Å². The molecule has 17 heavy (non-hydrogen) atoms. The Labute approximate surface area is 104 Å². The van der Waals surface area contributed by atoms with Gasteiger partial charge < -0.3 is 14.6 Å². The van der Waals surface area contributed by atoms with Crippen LogP contribution in [-0.4, -0.2) is 29.3 Å². The van der Waals surface area contributed by atoms with Crippen molar-refractivity contribution < 1.29 is 4.74 Å². The highest BCUT2D eigenvalue weighted by molar-refractivity contribution is 5.02. The molecule has 0 radical (unpaired) electrons. The Morgan fingerprint density at radius 3 is 2.71 bits per heavy atom. The first-order chi connectivity index (χ1) is 8.28. The zero-order valence-corrected chi connectivity index (χ0v) is 11.4. The van der Waals surface area contributed by atoms with Crippen molar-refractivity contribution in [2.75, 3.05) is 13.7 Å². The lowest BCUT2D eigenvalue weighted by Gasteiger charge is -2.26. The highest BCUT2D eigenvalue weighted by Crippen LogP contribution is 2.20. The monoisotopic (exact) mass is 239 g/mol. The molecule has 0 aliphatic heterocycles. The average molecular weight is 239 g/mol. The quantitative estimate of drug-likeness (QED) is 0.757. The van der Waals surface area contributed by atoms with Gasteiger partial charge in [-0.05, 0) is 26.3 Å². The van der Waals surface area contributed by atoms with Gasteiger partial charge in [0.25, 0.3) is 0 Å². The number of rotatable bonds is 8. The molecule has 0 fully saturated rings. The molecule has 2 atom stereocenters. The Bertz CT molecular complexity index is 307. The second kappa shape index (κ2) is 7.45. The molecule has 2 unspecified atom stereocenters. The Hall–Kier alpha value is -0.870. The summed E-state index contributed by atoms with van der Waals surface area (Å²) in [4.78, 5) is 4.48. The molecule has 0 aliphatic carbocycles. The van der Waals surface area contributed by atoms with Crippen LogP contribution in [0.2, 0.25) is 0 Å². The maximum Gasteiger partial charge on any atom is 0.128 e. The van der Waals surface area contributed by atoms with Crippen LogP contribution >= 0.6 is 0 Å². The second-order valence-electron chi connectivity index (χ2n) is 4.19. The SMILES string of the molecule is CCCNC(c1nccn1CC)C(CC)OC. The number of ether oxygens (including phenoxy) is 1. The highest BCUT2D eigenvalue weighted by Gasteiger charge is 2.24. The van der Waals surface area contributed by atoms with E-state index in [2.05, 4.69) is 35.6 Å². The van der Waals surface area contributed by atoms with Gasteiger partial charge in [0.05, 0.1) is 12.1 Å². The van der Waals surface area contributed by atoms with Crippen molar-refractivity contribution in [3.05, 3.63) is 18.2 Å². The first kappa shape index (κ1) is 14.2. The topological polar surface area (TPSA) is 39.1 Å². The molecule has 1 N–H and O–H groups in total.